The minimum absolute atomic E-state index is 0.0107. The predicted octanol–water partition coefficient (Wildman–Crippen LogP) is 0.721. The van der Waals surface area contributed by atoms with Gasteiger partial charge in [0, 0.05) is 31.2 Å². The van der Waals surface area contributed by atoms with Crippen molar-refractivity contribution in [1.82, 2.24) is 30.2 Å². The van der Waals surface area contributed by atoms with E-state index in [0.29, 0.717) is 12.1 Å². The Hall–Kier alpha value is -2.15. The van der Waals surface area contributed by atoms with Crippen molar-refractivity contribution in [2.24, 2.45) is 0 Å². The van der Waals surface area contributed by atoms with E-state index in [9.17, 15) is 4.79 Å². The molecule has 1 aliphatic heterocycles. The van der Waals surface area contributed by atoms with Gasteiger partial charge in [-0.15, -0.1) is 0 Å². The van der Waals surface area contributed by atoms with Gasteiger partial charge in [-0.2, -0.15) is 10.2 Å². The number of hydrogen-bond acceptors (Lipinski definition) is 4. The summed E-state index contributed by atoms with van der Waals surface area (Å²) in [4.78, 5) is 14.5. The van der Waals surface area contributed by atoms with E-state index in [2.05, 4.69) is 32.6 Å². The van der Waals surface area contributed by atoms with E-state index in [-0.39, 0.29) is 11.9 Å². The highest BCUT2D eigenvalue weighted by atomic mass is 16.2. The summed E-state index contributed by atoms with van der Waals surface area (Å²) in [6.45, 7) is 6.58. The maximum atomic E-state index is 12.3. The Balaban J connectivity index is 1.62. The number of carbonyl (C=O) groups excluding carboxylic acids is 1. The number of aromatic amines is 1. The Kier molecular flexibility index (Phi) is 3.98. The molecular formula is C15H22N6O. The molecule has 2 aromatic rings. The van der Waals surface area contributed by atoms with Crippen LogP contribution in [0.2, 0.25) is 0 Å². The number of fused-ring (bicyclic) bond motifs is 1. The normalized spacial score (nSPS) is 16.3. The first-order valence-electron chi connectivity index (χ1n) is 7.58. The van der Waals surface area contributed by atoms with Crippen LogP contribution < -0.4 is 5.32 Å². The highest BCUT2D eigenvalue weighted by Crippen LogP contribution is 2.12. The quantitative estimate of drug-likeness (QED) is 0.872. The zero-order valence-corrected chi connectivity index (χ0v) is 13.3. The Bertz CT molecular complexity index is 673. The molecule has 0 fully saturated rings. The zero-order chi connectivity index (χ0) is 15.7. The van der Waals surface area contributed by atoms with Gasteiger partial charge in [-0.25, -0.2) is 0 Å². The number of hydrogen-bond donors (Lipinski definition) is 2. The van der Waals surface area contributed by atoms with E-state index < -0.39 is 0 Å². The van der Waals surface area contributed by atoms with Gasteiger partial charge in [0.05, 0.1) is 17.9 Å². The molecule has 1 aliphatic rings. The lowest BCUT2D eigenvalue weighted by Gasteiger charge is -2.22. The van der Waals surface area contributed by atoms with Crippen molar-refractivity contribution in [3.63, 3.8) is 0 Å². The third kappa shape index (κ3) is 3.19. The summed E-state index contributed by atoms with van der Waals surface area (Å²) in [5.41, 5.74) is 3.57. The topological polar surface area (TPSA) is 78.8 Å². The monoisotopic (exact) mass is 302 g/mol. The number of nitrogens with zero attached hydrogens (tertiary/aromatic N) is 4. The number of nitrogens with one attached hydrogen (secondary N) is 2. The van der Waals surface area contributed by atoms with E-state index in [1.165, 1.54) is 0 Å². The second-order valence-electron chi connectivity index (χ2n) is 6.10. The van der Waals surface area contributed by atoms with Crippen molar-refractivity contribution in [2.75, 3.05) is 13.6 Å². The lowest BCUT2D eigenvalue weighted by molar-refractivity contribution is 0.0934. The summed E-state index contributed by atoms with van der Waals surface area (Å²) >= 11 is 0. The fourth-order valence-electron chi connectivity index (χ4n) is 2.75. The van der Waals surface area contributed by atoms with Crippen LogP contribution in [0.1, 0.15) is 34.5 Å². The number of H-pyrrole nitrogens is 1. The summed E-state index contributed by atoms with van der Waals surface area (Å²) in [7, 11) is 2.07. The van der Waals surface area contributed by atoms with Gasteiger partial charge >= 0.3 is 0 Å². The van der Waals surface area contributed by atoms with Crippen LogP contribution in [-0.2, 0) is 19.5 Å². The van der Waals surface area contributed by atoms with E-state index >= 15 is 0 Å². The lowest BCUT2D eigenvalue weighted by atomic mass is 10.1. The van der Waals surface area contributed by atoms with Crippen LogP contribution >= 0.6 is 0 Å². The molecule has 2 N–H and O–H groups in total. The SMILES string of the molecule is Cc1cc(CC(C)NC(=O)c2cc3n(n2)CCN(C)C3)n[nH]1. The molecule has 3 heterocycles. The molecular weight excluding hydrogens is 280 g/mol. The lowest BCUT2D eigenvalue weighted by Crippen LogP contribution is -2.34. The molecule has 118 valence electrons. The zero-order valence-electron chi connectivity index (χ0n) is 13.3. The van der Waals surface area contributed by atoms with Crippen LogP contribution in [0.3, 0.4) is 0 Å². The first kappa shape index (κ1) is 14.8. The van der Waals surface area contributed by atoms with E-state index in [1.54, 1.807) is 0 Å². The Morgan fingerprint density at radius 3 is 3.00 bits per heavy atom. The standard InChI is InChI=1S/C15H22N6O/c1-10(6-12-7-11(2)17-18-12)16-15(22)14-8-13-9-20(3)4-5-21(13)19-14/h7-8,10H,4-6,9H2,1-3H3,(H,16,22)(H,17,18). The van der Waals surface area contributed by atoms with E-state index in [4.69, 9.17) is 0 Å². The van der Waals surface area contributed by atoms with Crippen molar-refractivity contribution in [3.8, 4) is 0 Å². The molecule has 0 aliphatic carbocycles. The maximum Gasteiger partial charge on any atom is 0.272 e. The van der Waals surface area contributed by atoms with Gasteiger partial charge in [-0.1, -0.05) is 0 Å². The highest BCUT2D eigenvalue weighted by molar-refractivity contribution is 5.92. The molecule has 2 aromatic heterocycles. The minimum Gasteiger partial charge on any atom is -0.348 e. The first-order chi connectivity index (χ1) is 10.5. The number of carbonyl (C=O) groups is 1. The second kappa shape index (κ2) is 5.92. The van der Waals surface area contributed by atoms with Gasteiger partial charge in [0.2, 0.25) is 0 Å². The average Bonchev–Trinajstić information content (AvgIpc) is 3.04. The number of likely N-dealkylation sites (N-methyl/N-ethyl adjacent to an activating group) is 1. The summed E-state index contributed by atoms with van der Waals surface area (Å²) in [5, 5.41) is 14.5. The Morgan fingerprint density at radius 1 is 1.45 bits per heavy atom. The number of aromatic nitrogens is 4. The maximum absolute atomic E-state index is 12.3. The summed E-state index contributed by atoms with van der Waals surface area (Å²) in [5.74, 6) is -0.121. The van der Waals surface area contributed by atoms with E-state index in [1.807, 2.05) is 30.7 Å². The molecule has 0 bridgehead atoms. The van der Waals surface area contributed by atoms with Gasteiger partial charge in [0.1, 0.15) is 0 Å². The van der Waals surface area contributed by atoms with Crippen LogP contribution in [0, 0.1) is 6.92 Å². The van der Waals surface area contributed by atoms with Crippen molar-refractivity contribution >= 4 is 5.91 Å². The van der Waals surface area contributed by atoms with Crippen molar-refractivity contribution < 1.29 is 4.79 Å². The molecule has 0 aromatic carbocycles. The molecule has 0 saturated heterocycles. The molecule has 1 atom stereocenters. The molecule has 0 spiro atoms. The molecule has 0 saturated carbocycles. The smallest absolute Gasteiger partial charge is 0.272 e. The van der Waals surface area contributed by atoms with Crippen molar-refractivity contribution in [2.45, 2.75) is 39.4 Å². The number of aryl methyl sites for hydroxylation is 1. The first-order valence-corrected chi connectivity index (χ1v) is 7.58. The molecule has 7 heteroatoms. The summed E-state index contributed by atoms with van der Waals surface area (Å²) in [6.07, 6.45) is 0.701. The summed E-state index contributed by atoms with van der Waals surface area (Å²) in [6, 6.07) is 3.89. The number of rotatable bonds is 4. The third-order valence-corrected chi connectivity index (χ3v) is 3.87. The molecule has 1 amide bonds. The van der Waals surface area contributed by atoms with Crippen LogP contribution in [0.25, 0.3) is 0 Å². The van der Waals surface area contributed by atoms with Gasteiger partial charge in [-0.3, -0.25) is 19.5 Å². The molecule has 22 heavy (non-hydrogen) atoms. The Morgan fingerprint density at radius 2 is 2.27 bits per heavy atom. The predicted molar refractivity (Wildman–Crippen MR) is 82.5 cm³/mol. The minimum atomic E-state index is -0.121. The molecule has 3 rings (SSSR count). The fraction of sp³-hybridized carbons (Fsp3) is 0.533. The van der Waals surface area contributed by atoms with Crippen molar-refractivity contribution in [1.29, 1.82) is 0 Å². The van der Waals surface area contributed by atoms with E-state index in [0.717, 1.165) is 36.7 Å². The van der Waals surface area contributed by atoms with Crippen LogP contribution in [-0.4, -0.2) is 50.4 Å². The van der Waals surface area contributed by atoms with Gasteiger partial charge in [0.25, 0.3) is 5.91 Å². The summed E-state index contributed by atoms with van der Waals surface area (Å²) < 4.78 is 1.93. The van der Waals surface area contributed by atoms with Gasteiger partial charge in [-0.05, 0) is 33.0 Å². The third-order valence-electron chi connectivity index (χ3n) is 3.87. The number of amides is 1. The van der Waals surface area contributed by atoms with Crippen molar-refractivity contribution in [3.05, 3.63) is 34.9 Å². The molecule has 0 radical (unpaired) electrons. The van der Waals surface area contributed by atoms with Crippen LogP contribution in [0.5, 0.6) is 0 Å². The largest absolute Gasteiger partial charge is 0.348 e. The van der Waals surface area contributed by atoms with Gasteiger partial charge < -0.3 is 5.32 Å². The van der Waals surface area contributed by atoms with Gasteiger partial charge in [0.15, 0.2) is 5.69 Å². The fourth-order valence-corrected chi connectivity index (χ4v) is 2.75. The van der Waals surface area contributed by atoms with Crippen LogP contribution in [0.15, 0.2) is 12.1 Å². The second-order valence-corrected chi connectivity index (χ2v) is 6.10. The highest BCUT2D eigenvalue weighted by Gasteiger charge is 2.20. The average molecular weight is 302 g/mol. The molecule has 7 nitrogen and oxygen atoms in total. The molecule has 1 unspecified atom stereocenters. The van der Waals surface area contributed by atoms with Crippen LogP contribution in [0.4, 0.5) is 0 Å². The Labute approximate surface area is 129 Å².